The van der Waals surface area contributed by atoms with Crippen molar-refractivity contribution in [2.75, 3.05) is 5.94 Å². The van der Waals surface area contributed by atoms with Crippen LogP contribution in [0.1, 0.15) is 39.5 Å². The van der Waals surface area contributed by atoms with Gasteiger partial charge in [0.2, 0.25) is 5.92 Å². The summed E-state index contributed by atoms with van der Waals surface area (Å²) in [6, 6.07) is 0. The number of ether oxygens (including phenoxy) is 1. The first-order valence-electron chi connectivity index (χ1n) is 5.11. The summed E-state index contributed by atoms with van der Waals surface area (Å²) in [5.74, 6) is -1.81. The molecule has 84 valence electrons. The van der Waals surface area contributed by atoms with E-state index in [9.17, 15) is 8.78 Å². The Morgan fingerprint density at radius 2 is 1.93 bits per heavy atom. The molecule has 0 aromatic rings. The number of alkyl halides is 2. The predicted octanol–water partition coefficient (Wildman–Crippen LogP) is 3.68. The third kappa shape index (κ3) is 4.60. The number of thioether (sulfide) groups is 1. The van der Waals surface area contributed by atoms with E-state index >= 15 is 0 Å². The highest BCUT2D eigenvalue weighted by Gasteiger charge is 2.35. The third-order valence-electron chi connectivity index (χ3n) is 2.37. The van der Waals surface area contributed by atoms with Crippen LogP contribution in [0, 0.1) is 0 Å². The van der Waals surface area contributed by atoms with Gasteiger partial charge in [0.1, 0.15) is 0 Å². The molecule has 14 heavy (non-hydrogen) atoms. The topological polar surface area (TPSA) is 9.23 Å². The maximum Gasteiger partial charge on any atom is 0.248 e. The van der Waals surface area contributed by atoms with Gasteiger partial charge in [0.05, 0.1) is 12.0 Å². The quantitative estimate of drug-likeness (QED) is 0.674. The molecule has 0 spiro atoms. The fourth-order valence-corrected chi connectivity index (χ4v) is 2.00. The standard InChI is InChI=1S/C10H18F2OS/c1-8(2)14-7-13-9-3-5-10(11,12)6-4-9/h8-9H,3-7H2,1-2H3. The summed E-state index contributed by atoms with van der Waals surface area (Å²) in [5.41, 5.74) is 0. The van der Waals surface area contributed by atoms with E-state index in [0.717, 1.165) is 0 Å². The third-order valence-corrected chi connectivity index (χ3v) is 3.31. The Bertz CT molecular complexity index is 164. The largest absolute Gasteiger partial charge is 0.368 e. The molecule has 0 bridgehead atoms. The van der Waals surface area contributed by atoms with Gasteiger partial charge in [0.15, 0.2) is 0 Å². The highest BCUT2D eigenvalue weighted by molar-refractivity contribution is 7.99. The molecule has 1 nitrogen and oxygen atoms in total. The van der Waals surface area contributed by atoms with E-state index in [1.807, 2.05) is 0 Å². The van der Waals surface area contributed by atoms with Gasteiger partial charge in [-0.1, -0.05) is 13.8 Å². The molecule has 0 N–H and O–H groups in total. The Hall–Kier alpha value is 0.170. The number of hydrogen-bond donors (Lipinski definition) is 0. The average Bonchev–Trinajstić information content (AvgIpc) is 2.07. The van der Waals surface area contributed by atoms with Gasteiger partial charge in [-0.25, -0.2) is 8.78 Å². The van der Waals surface area contributed by atoms with Gasteiger partial charge >= 0.3 is 0 Å². The van der Waals surface area contributed by atoms with Gasteiger partial charge in [-0.05, 0) is 12.8 Å². The zero-order valence-electron chi connectivity index (χ0n) is 8.76. The molecule has 0 radical (unpaired) electrons. The summed E-state index contributed by atoms with van der Waals surface area (Å²) in [6.07, 6.45) is 1.05. The van der Waals surface area contributed by atoms with Crippen LogP contribution in [0.4, 0.5) is 8.78 Å². The van der Waals surface area contributed by atoms with Gasteiger partial charge in [-0.2, -0.15) is 0 Å². The van der Waals surface area contributed by atoms with Crippen LogP contribution in [0.25, 0.3) is 0 Å². The summed E-state index contributed by atoms with van der Waals surface area (Å²) in [7, 11) is 0. The van der Waals surface area contributed by atoms with Crippen molar-refractivity contribution in [3.8, 4) is 0 Å². The Labute approximate surface area is 88.6 Å². The molecule has 0 amide bonds. The van der Waals surface area contributed by atoms with Crippen LogP contribution in [0.15, 0.2) is 0 Å². The lowest BCUT2D eigenvalue weighted by Gasteiger charge is -2.28. The summed E-state index contributed by atoms with van der Waals surface area (Å²) < 4.78 is 31.1. The van der Waals surface area contributed by atoms with E-state index in [-0.39, 0.29) is 18.9 Å². The highest BCUT2D eigenvalue weighted by Crippen LogP contribution is 2.34. The van der Waals surface area contributed by atoms with Gasteiger partial charge in [0, 0.05) is 18.1 Å². The molecule has 0 atom stereocenters. The van der Waals surface area contributed by atoms with E-state index in [1.165, 1.54) is 0 Å². The fourth-order valence-electron chi connectivity index (χ4n) is 1.45. The molecule has 1 rings (SSSR count). The lowest BCUT2D eigenvalue weighted by molar-refractivity contribution is -0.0735. The summed E-state index contributed by atoms with van der Waals surface area (Å²) in [6.45, 7) is 4.20. The van der Waals surface area contributed by atoms with Crippen LogP contribution in [-0.2, 0) is 4.74 Å². The first-order chi connectivity index (χ1) is 6.49. The van der Waals surface area contributed by atoms with Gasteiger partial charge in [-0.15, -0.1) is 11.8 Å². The maximum atomic E-state index is 12.8. The molecule has 0 saturated heterocycles. The molecule has 0 aliphatic heterocycles. The van der Waals surface area contributed by atoms with Crippen molar-refractivity contribution in [3.05, 3.63) is 0 Å². The Morgan fingerprint density at radius 1 is 1.36 bits per heavy atom. The molecule has 1 aliphatic carbocycles. The number of rotatable bonds is 4. The molecule has 0 aromatic heterocycles. The second kappa shape index (κ2) is 5.31. The maximum absolute atomic E-state index is 12.8. The van der Waals surface area contributed by atoms with Crippen LogP contribution in [0.5, 0.6) is 0 Å². The van der Waals surface area contributed by atoms with Gasteiger partial charge in [0.25, 0.3) is 0 Å². The minimum absolute atomic E-state index is 0.00991. The van der Waals surface area contributed by atoms with E-state index in [1.54, 1.807) is 11.8 Å². The lowest BCUT2D eigenvalue weighted by atomic mass is 9.94. The van der Waals surface area contributed by atoms with Crippen LogP contribution in [0.2, 0.25) is 0 Å². The first kappa shape index (κ1) is 12.2. The minimum Gasteiger partial charge on any atom is -0.368 e. The summed E-state index contributed by atoms with van der Waals surface area (Å²) in [4.78, 5) is 0. The zero-order chi connectivity index (χ0) is 10.6. The molecule has 1 saturated carbocycles. The van der Waals surface area contributed by atoms with Crippen molar-refractivity contribution in [3.63, 3.8) is 0 Å². The molecule has 1 fully saturated rings. The predicted molar refractivity (Wildman–Crippen MR) is 55.9 cm³/mol. The molecule has 0 heterocycles. The van der Waals surface area contributed by atoms with Crippen molar-refractivity contribution < 1.29 is 13.5 Å². The first-order valence-corrected chi connectivity index (χ1v) is 6.15. The van der Waals surface area contributed by atoms with Gasteiger partial charge < -0.3 is 4.74 Å². The molecule has 0 unspecified atom stereocenters. The molecule has 1 aliphatic rings. The number of halogens is 2. The van der Waals surface area contributed by atoms with E-state index < -0.39 is 5.92 Å². The van der Waals surface area contributed by atoms with Crippen LogP contribution < -0.4 is 0 Å². The van der Waals surface area contributed by atoms with Crippen LogP contribution in [-0.4, -0.2) is 23.2 Å². The minimum atomic E-state index is -2.44. The Kier molecular flexibility index (Phi) is 4.64. The SMILES string of the molecule is CC(C)SCOC1CCC(F)(F)CC1. The molecular formula is C10H18F2OS. The van der Waals surface area contributed by atoms with Crippen molar-refractivity contribution in [1.29, 1.82) is 0 Å². The summed E-state index contributed by atoms with van der Waals surface area (Å²) >= 11 is 1.72. The van der Waals surface area contributed by atoms with E-state index in [2.05, 4.69) is 13.8 Å². The van der Waals surface area contributed by atoms with Crippen molar-refractivity contribution in [1.82, 2.24) is 0 Å². The second-order valence-electron chi connectivity index (χ2n) is 4.06. The van der Waals surface area contributed by atoms with E-state index in [0.29, 0.717) is 24.0 Å². The Balaban J connectivity index is 2.10. The smallest absolute Gasteiger partial charge is 0.248 e. The van der Waals surface area contributed by atoms with Crippen molar-refractivity contribution in [2.45, 2.75) is 56.8 Å². The second-order valence-corrected chi connectivity index (χ2v) is 5.57. The van der Waals surface area contributed by atoms with E-state index in [4.69, 9.17) is 4.74 Å². The summed E-state index contributed by atoms with van der Waals surface area (Å²) in [5, 5.41) is 0.542. The lowest BCUT2D eigenvalue weighted by Crippen LogP contribution is -2.29. The van der Waals surface area contributed by atoms with Crippen LogP contribution in [0.3, 0.4) is 0 Å². The fraction of sp³-hybridized carbons (Fsp3) is 1.00. The van der Waals surface area contributed by atoms with Crippen molar-refractivity contribution >= 4 is 11.8 Å². The van der Waals surface area contributed by atoms with Crippen molar-refractivity contribution in [2.24, 2.45) is 0 Å². The molecular weight excluding hydrogens is 206 g/mol. The molecule has 4 heteroatoms. The Morgan fingerprint density at radius 3 is 2.43 bits per heavy atom. The molecule has 0 aromatic carbocycles. The normalized spacial score (nSPS) is 22.9. The average molecular weight is 224 g/mol. The zero-order valence-corrected chi connectivity index (χ0v) is 9.58. The van der Waals surface area contributed by atoms with Gasteiger partial charge in [-0.3, -0.25) is 0 Å². The number of hydrogen-bond acceptors (Lipinski definition) is 2. The van der Waals surface area contributed by atoms with Crippen LogP contribution >= 0.6 is 11.8 Å². The highest BCUT2D eigenvalue weighted by atomic mass is 32.2. The monoisotopic (exact) mass is 224 g/mol.